The summed E-state index contributed by atoms with van der Waals surface area (Å²) >= 11 is 7.70. The van der Waals surface area contributed by atoms with Gasteiger partial charge in [0.05, 0.1) is 4.83 Å². The van der Waals surface area contributed by atoms with Gasteiger partial charge in [0.15, 0.2) is 0 Å². The topological polar surface area (TPSA) is 0 Å². The minimum absolute atomic E-state index is 0.292. The van der Waals surface area contributed by atoms with Gasteiger partial charge in [0.25, 0.3) is 0 Å². The summed E-state index contributed by atoms with van der Waals surface area (Å²) in [6.07, 6.45) is 0. The number of hydrogen-bond donors (Lipinski definition) is 0. The highest BCUT2D eigenvalue weighted by molar-refractivity contribution is 9.09. The summed E-state index contributed by atoms with van der Waals surface area (Å²) in [4.78, 5) is 1.70. The van der Waals surface area contributed by atoms with E-state index in [0.29, 0.717) is 4.83 Å². The Kier molecular flexibility index (Phi) is 4.02. The predicted molar refractivity (Wildman–Crippen MR) is 101 cm³/mol. The lowest BCUT2D eigenvalue weighted by molar-refractivity contribution is 1.07. The summed E-state index contributed by atoms with van der Waals surface area (Å²) < 4.78 is 2.80. The fourth-order valence-electron chi connectivity index (χ4n) is 2.96. The standard InChI is InChI=1S/C18H19BrS2/c1-9-10(2)12(4)17(13(5)11(9)3)18(19)16-8-15-14(21-16)6-7-20-15/h6-8,18H,1-5H3. The van der Waals surface area contributed by atoms with Crippen molar-refractivity contribution in [1.82, 2.24) is 0 Å². The molecule has 1 atom stereocenters. The smallest absolute Gasteiger partial charge is 0.0744 e. The van der Waals surface area contributed by atoms with Crippen LogP contribution >= 0.6 is 38.6 Å². The first-order valence-corrected chi connectivity index (χ1v) is 9.70. The molecule has 21 heavy (non-hydrogen) atoms. The van der Waals surface area contributed by atoms with Gasteiger partial charge in [-0.15, -0.1) is 22.7 Å². The average Bonchev–Trinajstić information content (AvgIpc) is 3.04. The molecule has 3 rings (SSSR count). The first-order valence-electron chi connectivity index (χ1n) is 7.09. The number of hydrogen-bond acceptors (Lipinski definition) is 2. The molecule has 3 heteroatoms. The third-order valence-electron chi connectivity index (χ3n) is 4.72. The molecule has 1 unspecified atom stereocenters. The Labute approximate surface area is 143 Å². The van der Waals surface area contributed by atoms with Crippen molar-refractivity contribution < 1.29 is 0 Å². The van der Waals surface area contributed by atoms with Gasteiger partial charge in [-0.25, -0.2) is 0 Å². The largest absolute Gasteiger partial charge is 0.143 e. The predicted octanol–water partition coefficient (Wildman–Crippen LogP) is 6.99. The second-order valence-corrected chi connectivity index (χ2v) is 8.68. The maximum Gasteiger partial charge on any atom is 0.0744 e. The van der Waals surface area contributed by atoms with Gasteiger partial charge >= 0.3 is 0 Å². The van der Waals surface area contributed by atoms with Crippen LogP contribution < -0.4 is 0 Å². The molecule has 0 saturated heterocycles. The Morgan fingerprint density at radius 3 is 2.00 bits per heavy atom. The van der Waals surface area contributed by atoms with E-state index >= 15 is 0 Å². The molecule has 0 saturated carbocycles. The highest BCUT2D eigenvalue weighted by Crippen LogP contribution is 2.43. The quantitative estimate of drug-likeness (QED) is 0.421. The molecule has 0 nitrogen and oxygen atoms in total. The van der Waals surface area contributed by atoms with Crippen LogP contribution in [-0.2, 0) is 0 Å². The zero-order chi connectivity index (χ0) is 15.3. The van der Waals surface area contributed by atoms with Crippen LogP contribution in [0.3, 0.4) is 0 Å². The van der Waals surface area contributed by atoms with Crippen molar-refractivity contribution in [2.75, 3.05) is 0 Å². The fraction of sp³-hybridized carbons (Fsp3) is 0.333. The van der Waals surface area contributed by atoms with Crippen LogP contribution in [-0.4, -0.2) is 0 Å². The molecular weight excluding hydrogens is 360 g/mol. The summed E-state index contributed by atoms with van der Waals surface area (Å²) in [5.41, 5.74) is 8.58. The van der Waals surface area contributed by atoms with Crippen molar-refractivity contribution in [3.05, 3.63) is 55.8 Å². The molecule has 0 N–H and O–H groups in total. The van der Waals surface area contributed by atoms with E-state index in [9.17, 15) is 0 Å². The Balaban J connectivity index is 2.17. The molecule has 0 aliphatic heterocycles. The molecule has 0 bridgehead atoms. The molecular formula is C18H19BrS2. The van der Waals surface area contributed by atoms with Gasteiger partial charge in [0.1, 0.15) is 0 Å². The monoisotopic (exact) mass is 378 g/mol. The maximum atomic E-state index is 3.97. The number of fused-ring (bicyclic) bond motifs is 1. The second-order valence-electron chi connectivity index (χ2n) is 5.70. The highest BCUT2D eigenvalue weighted by atomic mass is 79.9. The van der Waals surface area contributed by atoms with E-state index in [0.717, 1.165) is 0 Å². The minimum Gasteiger partial charge on any atom is -0.143 e. The average molecular weight is 379 g/mol. The molecule has 110 valence electrons. The van der Waals surface area contributed by atoms with Gasteiger partial charge in [0, 0.05) is 14.3 Å². The lowest BCUT2D eigenvalue weighted by Gasteiger charge is -2.21. The number of benzene rings is 1. The Hall–Kier alpha value is -0.640. The fourth-order valence-corrected chi connectivity index (χ4v) is 6.17. The molecule has 0 radical (unpaired) electrons. The van der Waals surface area contributed by atoms with Crippen molar-refractivity contribution >= 4 is 48.0 Å². The van der Waals surface area contributed by atoms with Crippen LogP contribution in [0.5, 0.6) is 0 Å². The van der Waals surface area contributed by atoms with Crippen LogP contribution in [0.2, 0.25) is 0 Å². The molecule has 1 aromatic carbocycles. The normalized spacial score (nSPS) is 13.0. The molecule has 0 aliphatic rings. The van der Waals surface area contributed by atoms with Gasteiger partial charge in [-0.05, 0) is 85.5 Å². The number of halogens is 1. The van der Waals surface area contributed by atoms with Crippen LogP contribution in [0.15, 0.2) is 17.5 Å². The zero-order valence-electron chi connectivity index (χ0n) is 13.0. The van der Waals surface area contributed by atoms with Crippen molar-refractivity contribution in [3.63, 3.8) is 0 Å². The zero-order valence-corrected chi connectivity index (χ0v) is 16.2. The van der Waals surface area contributed by atoms with Crippen molar-refractivity contribution in [2.24, 2.45) is 0 Å². The number of alkyl halides is 1. The van der Waals surface area contributed by atoms with Crippen molar-refractivity contribution in [3.8, 4) is 0 Å². The lowest BCUT2D eigenvalue weighted by atomic mass is 9.88. The van der Waals surface area contributed by atoms with Gasteiger partial charge in [-0.3, -0.25) is 0 Å². The minimum atomic E-state index is 0.292. The highest BCUT2D eigenvalue weighted by Gasteiger charge is 2.21. The van der Waals surface area contributed by atoms with Gasteiger partial charge in [0.2, 0.25) is 0 Å². The van der Waals surface area contributed by atoms with E-state index in [4.69, 9.17) is 0 Å². The first kappa shape index (κ1) is 15.3. The molecule has 0 spiro atoms. The van der Waals surface area contributed by atoms with Crippen LogP contribution in [0.25, 0.3) is 9.40 Å². The molecule has 0 aliphatic carbocycles. The SMILES string of the molecule is Cc1c(C)c(C)c(C(Br)c2cc3sccc3s2)c(C)c1C. The lowest BCUT2D eigenvalue weighted by Crippen LogP contribution is -2.04. The van der Waals surface area contributed by atoms with Crippen molar-refractivity contribution in [1.29, 1.82) is 0 Å². The van der Waals surface area contributed by atoms with E-state index in [1.54, 1.807) is 0 Å². The summed E-state index contributed by atoms with van der Waals surface area (Å²) in [5, 5.41) is 2.17. The Morgan fingerprint density at radius 2 is 1.43 bits per heavy atom. The number of thiophene rings is 2. The van der Waals surface area contributed by atoms with Crippen LogP contribution in [0.4, 0.5) is 0 Å². The van der Waals surface area contributed by atoms with Crippen LogP contribution in [0.1, 0.15) is 43.1 Å². The van der Waals surface area contributed by atoms with Crippen LogP contribution in [0, 0.1) is 34.6 Å². The van der Waals surface area contributed by atoms with E-state index in [1.807, 2.05) is 22.7 Å². The number of rotatable bonds is 2. The molecule has 0 fully saturated rings. The third-order valence-corrected chi connectivity index (χ3v) is 8.13. The molecule has 3 aromatic rings. The van der Waals surface area contributed by atoms with E-state index in [-0.39, 0.29) is 0 Å². The summed E-state index contributed by atoms with van der Waals surface area (Å²) in [5.74, 6) is 0. The van der Waals surface area contributed by atoms with Gasteiger partial charge < -0.3 is 0 Å². The van der Waals surface area contributed by atoms with E-state index in [1.165, 1.54) is 47.7 Å². The molecule has 2 aromatic heterocycles. The summed E-state index contributed by atoms with van der Waals surface area (Å²) in [6.45, 7) is 11.2. The Bertz CT molecular complexity index is 766. The Morgan fingerprint density at radius 1 is 0.857 bits per heavy atom. The van der Waals surface area contributed by atoms with Gasteiger partial charge in [-0.1, -0.05) is 15.9 Å². The summed E-state index contributed by atoms with van der Waals surface area (Å²) in [7, 11) is 0. The second kappa shape index (κ2) is 5.53. The van der Waals surface area contributed by atoms with E-state index in [2.05, 4.69) is 68.1 Å². The van der Waals surface area contributed by atoms with Gasteiger partial charge in [-0.2, -0.15) is 0 Å². The van der Waals surface area contributed by atoms with Crippen molar-refractivity contribution in [2.45, 2.75) is 39.4 Å². The molecule has 2 heterocycles. The first-order chi connectivity index (χ1) is 9.91. The van der Waals surface area contributed by atoms with E-state index < -0.39 is 0 Å². The third kappa shape index (κ3) is 2.39. The maximum absolute atomic E-state index is 3.97. The molecule has 0 amide bonds. The summed E-state index contributed by atoms with van der Waals surface area (Å²) in [6, 6.07) is 4.56.